The maximum Gasteiger partial charge on any atom is 0.202 e. The summed E-state index contributed by atoms with van der Waals surface area (Å²) in [5.74, 6) is 1.43. The van der Waals surface area contributed by atoms with Gasteiger partial charge in [-0.3, -0.25) is 0 Å². The molecule has 0 saturated carbocycles. The number of nitrogens with zero attached hydrogens (tertiary/aromatic N) is 1. The molecule has 1 saturated heterocycles. The quantitative estimate of drug-likeness (QED) is 0.712. The fraction of sp³-hybridized carbons (Fsp3) is 0.353. The maximum atomic E-state index is 6.01. The zero-order chi connectivity index (χ0) is 16.4. The molecule has 24 heavy (non-hydrogen) atoms. The van der Waals surface area contributed by atoms with E-state index in [0.29, 0.717) is 5.76 Å². The van der Waals surface area contributed by atoms with Crippen molar-refractivity contribution >= 4 is 22.9 Å². The Morgan fingerprint density at radius 3 is 2.50 bits per heavy atom. The minimum Gasteiger partial charge on any atom is -0.461 e. The molecule has 0 unspecified atom stereocenters. The Labute approximate surface area is 149 Å². The van der Waals surface area contributed by atoms with Crippen LogP contribution in [0.25, 0.3) is 11.5 Å². The summed E-state index contributed by atoms with van der Waals surface area (Å²) < 4.78 is 11.6. The van der Waals surface area contributed by atoms with E-state index in [9.17, 15) is 0 Å². The van der Waals surface area contributed by atoms with Crippen LogP contribution in [0.15, 0.2) is 45.5 Å². The summed E-state index contributed by atoms with van der Waals surface area (Å²) >= 11 is 7.71. The van der Waals surface area contributed by atoms with Crippen molar-refractivity contribution in [2.45, 2.75) is 13.1 Å². The van der Waals surface area contributed by atoms with Crippen molar-refractivity contribution in [1.29, 1.82) is 0 Å². The molecule has 0 bridgehead atoms. The van der Waals surface area contributed by atoms with Crippen molar-refractivity contribution in [3.8, 4) is 11.5 Å². The third-order valence-corrected chi connectivity index (χ3v) is 5.70. The van der Waals surface area contributed by atoms with Crippen molar-refractivity contribution in [2.75, 3.05) is 26.2 Å². The molecule has 1 fully saturated rings. The molecule has 0 radical (unpaired) electrons. The van der Waals surface area contributed by atoms with Crippen LogP contribution in [-0.4, -0.2) is 31.3 Å². The summed E-state index contributed by atoms with van der Waals surface area (Å²) in [7, 11) is 0. The Balaban J connectivity index is 1.29. The number of rotatable bonds is 5. The third-order valence-electron chi connectivity index (χ3n) is 4.47. The molecule has 0 aliphatic carbocycles. The Kier molecular flexibility index (Phi) is 4.71. The van der Waals surface area contributed by atoms with Gasteiger partial charge in [0.05, 0.1) is 15.5 Å². The van der Waals surface area contributed by atoms with Gasteiger partial charge in [0.25, 0.3) is 0 Å². The predicted octanol–water partition coefficient (Wildman–Crippen LogP) is 1.13. The van der Waals surface area contributed by atoms with Crippen LogP contribution in [0.1, 0.15) is 10.6 Å². The molecule has 0 amide bonds. The van der Waals surface area contributed by atoms with Gasteiger partial charge in [-0.1, -0.05) is 16.8 Å². The van der Waals surface area contributed by atoms with E-state index in [4.69, 9.17) is 20.5 Å². The molecular weight excluding hydrogens is 346 g/mol. The molecule has 4 heterocycles. The fourth-order valence-electron chi connectivity index (χ4n) is 3.19. The molecule has 7 heteroatoms. The number of furan rings is 1. The molecule has 126 valence electrons. The Hall–Kier alpha value is -1.60. The van der Waals surface area contributed by atoms with E-state index in [1.807, 2.05) is 24.3 Å². The molecule has 1 aliphatic rings. The van der Waals surface area contributed by atoms with Crippen LogP contribution in [0.4, 0.5) is 0 Å². The number of quaternary nitrogens is 2. The number of piperazine rings is 1. The molecule has 0 atom stereocenters. The molecule has 2 N–H and O–H groups in total. The molecule has 5 nitrogen and oxygen atoms in total. The zero-order valence-electron chi connectivity index (χ0n) is 13.3. The van der Waals surface area contributed by atoms with Crippen LogP contribution in [-0.2, 0) is 13.1 Å². The smallest absolute Gasteiger partial charge is 0.202 e. The minimum absolute atomic E-state index is 0.702. The topological polar surface area (TPSA) is 48.1 Å². The van der Waals surface area contributed by atoms with Crippen LogP contribution < -0.4 is 9.80 Å². The van der Waals surface area contributed by atoms with Gasteiger partial charge < -0.3 is 18.7 Å². The Morgan fingerprint density at radius 2 is 1.83 bits per heavy atom. The Morgan fingerprint density at radius 1 is 1.04 bits per heavy atom. The van der Waals surface area contributed by atoms with E-state index in [2.05, 4.69) is 11.2 Å². The van der Waals surface area contributed by atoms with Gasteiger partial charge in [-0.2, -0.15) is 0 Å². The minimum atomic E-state index is 0.702. The van der Waals surface area contributed by atoms with E-state index in [-0.39, 0.29) is 0 Å². The zero-order valence-corrected chi connectivity index (χ0v) is 14.8. The van der Waals surface area contributed by atoms with Gasteiger partial charge in [-0.25, -0.2) is 0 Å². The van der Waals surface area contributed by atoms with E-state index in [0.717, 1.165) is 42.0 Å². The fourth-order valence-corrected chi connectivity index (χ4v) is 4.35. The van der Waals surface area contributed by atoms with Crippen LogP contribution in [0.3, 0.4) is 0 Å². The number of halogens is 1. The van der Waals surface area contributed by atoms with Gasteiger partial charge >= 0.3 is 0 Å². The van der Waals surface area contributed by atoms with Crippen LogP contribution in [0, 0.1) is 0 Å². The monoisotopic (exact) mass is 365 g/mol. The van der Waals surface area contributed by atoms with Crippen molar-refractivity contribution < 1.29 is 18.7 Å². The number of aromatic nitrogens is 1. The number of hydrogen-bond acceptors (Lipinski definition) is 4. The first kappa shape index (κ1) is 15.9. The van der Waals surface area contributed by atoms with Gasteiger partial charge in [0.2, 0.25) is 5.76 Å². The lowest BCUT2D eigenvalue weighted by atomic mass is 10.2. The van der Waals surface area contributed by atoms with Crippen molar-refractivity contribution in [1.82, 2.24) is 5.16 Å². The molecular formula is C17H20ClN3O2S+2. The molecule has 4 rings (SSSR count). The number of hydrogen-bond donors (Lipinski definition) is 2. The second kappa shape index (κ2) is 7.11. The summed E-state index contributed by atoms with van der Waals surface area (Å²) in [5, 5.41) is 4.18. The van der Waals surface area contributed by atoms with E-state index in [1.54, 1.807) is 27.4 Å². The first-order valence-electron chi connectivity index (χ1n) is 8.17. The first-order chi connectivity index (χ1) is 11.8. The molecule has 3 aromatic heterocycles. The van der Waals surface area contributed by atoms with Crippen molar-refractivity contribution in [3.63, 3.8) is 0 Å². The van der Waals surface area contributed by atoms with Crippen LogP contribution in [0.2, 0.25) is 4.34 Å². The van der Waals surface area contributed by atoms with Crippen molar-refractivity contribution in [2.24, 2.45) is 0 Å². The van der Waals surface area contributed by atoms with E-state index < -0.39 is 0 Å². The van der Waals surface area contributed by atoms with E-state index in [1.165, 1.54) is 18.0 Å². The molecule has 3 aromatic rings. The Bertz CT molecular complexity index is 775. The second-order valence-corrected chi connectivity index (χ2v) is 8.02. The first-order valence-corrected chi connectivity index (χ1v) is 9.36. The summed E-state index contributed by atoms with van der Waals surface area (Å²) in [5.41, 5.74) is 0.991. The maximum absolute atomic E-state index is 6.01. The van der Waals surface area contributed by atoms with Gasteiger partial charge in [-0.15, -0.1) is 11.3 Å². The number of thiophene rings is 1. The number of nitrogens with one attached hydrogen (secondary N) is 2. The lowest BCUT2D eigenvalue weighted by Gasteiger charge is -2.28. The highest BCUT2D eigenvalue weighted by Crippen LogP contribution is 2.21. The average Bonchev–Trinajstić information content (AvgIpc) is 3.31. The third kappa shape index (κ3) is 3.72. The van der Waals surface area contributed by atoms with Crippen LogP contribution in [0.5, 0.6) is 0 Å². The SMILES string of the molecule is Clc1ccc(C[NH+]2CC[NH+](Cc3cc(-c4ccco4)on3)CC2)s1. The summed E-state index contributed by atoms with van der Waals surface area (Å²) in [6.07, 6.45) is 1.64. The second-order valence-electron chi connectivity index (χ2n) is 6.22. The summed E-state index contributed by atoms with van der Waals surface area (Å²) in [4.78, 5) is 4.56. The highest BCUT2D eigenvalue weighted by molar-refractivity contribution is 7.16. The molecule has 0 spiro atoms. The van der Waals surface area contributed by atoms with Gasteiger partial charge in [0, 0.05) is 6.07 Å². The molecule has 1 aliphatic heterocycles. The van der Waals surface area contributed by atoms with Gasteiger partial charge in [-0.05, 0) is 24.3 Å². The predicted molar refractivity (Wildman–Crippen MR) is 92.3 cm³/mol. The largest absolute Gasteiger partial charge is 0.461 e. The highest BCUT2D eigenvalue weighted by atomic mass is 35.5. The summed E-state index contributed by atoms with van der Waals surface area (Å²) in [6.45, 7) is 6.63. The average molecular weight is 366 g/mol. The lowest BCUT2D eigenvalue weighted by Crippen LogP contribution is -3.27. The lowest BCUT2D eigenvalue weighted by molar-refractivity contribution is -1.02. The van der Waals surface area contributed by atoms with Gasteiger partial charge in [0.1, 0.15) is 45.0 Å². The van der Waals surface area contributed by atoms with Crippen molar-refractivity contribution in [3.05, 3.63) is 51.5 Å². The summed E-state index contributed by atoms with van der Waals surface area (Å²) in [6, 6.07) is 9.86. The highest BCUT2D eigenvalue weighted by Gasteiger charge is 2.24. The van der Waals surface area contributed by atoms with Gasteiger partial charge in [0.15, 0.2) is 5.76 Å². The van der Waals surface area contributed by atoms with E-state index >= 15 is 0 Å². The normalized spacial score (nSPS) is 21.2. The molecule has 0 aromatic carbocycles. The standard InChI is InChI=1S/C17H18ClN3O2S/c18-17-4-3-14(24-17)12-21-7-5-20(6-8-21)11-13-10-16(23-19-13)15-2-1-9-22-15/h1-4,9-10H,5-8,11-12H2/p+2. The van der Waals surface area contributed by atoms with Crippen LogP contribution >= 0.6 is 22.9 Å².